The van der Waals surface area contributed by atoms with Gasteiger partial charge in [0.1, 0.15) is 12.2 Å². The molecule has 6 nitrogen and oxygen atoms in total. The summed E-state index contributed by atoms with van der Waals surface area (Å²) < 4.78 is 0. The lowest BCUT2D eigenvalue weighted by molar-refractivity contribution is -0.102. The van der Waals surface area contributed by atoms with Crippen molar-refractivity contribution in [3.05, 3.63) is 0 Å². The van der Waals surface area contributed by atoms with Gasteiger partial charge in [-0.3, -0.25) is 0 Å². The maximum atomic E-state index is 9.63. The molecule has 4 atom stereocenters. The standard InChI is InChI=1S/C10H22Cl2N2O4/c11-1-3-13-5-7(15)9(17)10(18)8(16)6-14-4-2-12/h7-10,13-18H,1-6H2/t7-,8-,9-,10+/m1/s1. The summed E-state index contributed by atoms with van der Waals surface area (Å²) in [5.41, 5.74) is 0. The Morgan fingerprint density at radius 2 is 1.06 bits per heavy atom. The van der Waals surface area contributed by atoms with Crippen molar-refractivity contribution in [1.29, 1.82) is 0 Å². The summed E-state index contributed by atoms with van der Waals surface area (Å²) in [4.78, 5) is 0. The number of rotatable bonds is 11. The molecule has 0 aliphatic rings. The van der Waals surface area contributed by atoms with Gasteiger partial charge in [-0.25, -0.2) is 0 Å². The average molecular weight is 305 g/mol. The summed E-state index contributed by atoms with van der Waals surface area (Å²) in [6.45, 7) is 1.15. The number of nitrogens with one attached hydrogen (secondary N) is 2. The fourth-order valence-corrected chi connectivity index (χ4v) is 1.60. The fraction of sp³-hybridized carbons (Fsp3) is 1.00. The quantitative estimate of drug-likeness (QED) is 0.197. The zero-order valence-electron chi connectivity index (χ0n) is 10.1. The van der Waals surface area contributed by atoms with E-state index in [4.69, 9.17) is 23.2 Å². The molecule has 0 aromatic carbocycles. The first-order chi connectivity index (χ1) is 8.54. The molecule has 0 radical (unpaired) electrons. The molecule has 0 aliphatic heterocycles. The Balaban J connectivity index is 3.93. The SMILES string of the molecule is O[C@H]([C@H](O)[C@H](O)CNCCCl)[C@H](O)CNCCCl. The molecular formula is C10H22Cl2N2O4. The first kappa shape index (κ1) is 18.3. The number of halogens is 2. The highest BCUT2D eigenvalue weighted by Crippen LogP contribution is 2.04. The van der Waals surface area contributed by atoms with E-state index in [-0.39, 0.29) is 13.1 Å². The van der Waals surface area contributed by atoms with Gasteiger partial charge >= 0.3 is 0 Å². The smallest absolute Gasteiger partial charge is 0.110 e. The van der Waals surface area contributed by atoms with E-state index in [1.165, 1.54) is 0 Å². The maximum absolute atomic E-state index is 9.63. The first-order valence-corrected chi connectivity index (χ1v) is 6.87. The van der Waals surface area contributed by atoms with Crippen LogP contribution in [-0.4, -0.2) is 82.8 Å². The van der Waals surface area contributed by atoms with Gasteiger partial charge in [0.2, 0.25) is 0 Å². The molecule has 0 heterocycles. The summed E-state index contributed by atoms with van der Waals surface area (Å²) >= 11 is 10.9. The Kier molecular flexibility index (Phi) is 11.4. The van der Waals surface area contributed by atoms with E-state index in [1.807, 2.05) is 0 Å². The molecule has 0 fully saturated rings. The summed E-state index contributed by atoms with van der Waals surface area (Å²) in [5.74, 6) is 0.771. The first-order valence-electron chi connectivity index (χ1n) is 5.80. The van der Waals surface area contributed by atoms with Gasteiger partial charge in [0, 0.05) is 37.9 Å². The van der Waals surface area contributed by atoms with E-state index in [1.54, 1.807) is 0 Å². The molecule has 0 amide bonds. The van der Waals surface area contributed by atoms with Crippen LogP contribution in [0.25, 0.3) is 0 Å². The second kappa shape index (κ2) is 11.2. The summed E-state index contributed by atoms with van der Waals surface area (Å²) in [6.07, 6.45) is -5.21. The van der Waals surface area contributed by atoms with Crippen molar-refractivity contribution < 1.29 is 20.4 Å². The van der Waals surface area contributed by atoms with Crippen LogP contribution in [0.5, 0.6) is 0 Å². The van der Waals surface area contributed by atoms with Gasteiger partial charge < -0.3 is 31.1 Å². The summed E-state index contributed by atoms with van der Waals surface area (Å²) in [6, 6.07) is 0. The summed E-state index contributed by atoms with van der Waals surface area (Å²) in [7, 11) is 0. The lowest BCUT2D eigenvalue weighted by atomic mass is 10.0. The Morgan fingerprint density at radius 1 is 0.722 bits per heavy atom. The minimum atomic E-state index is -1.43. The van der Waals surface area contributed by atoms with Gasteiger partial charge in [0.25, 0.3) is 0 Å². The molecule has 0 saturated carbocycles. The number of hydrogen-bond acceptors (Lipinski definition) is 6. The molecule has 6 N–H and O–H groups in total. The topological polar surface area (TPSA) is 105 Å². The third kappa shape index (κ3) is 7.70. The number of aliphatic hydroxyl groups excluding tert-OH is 4. The zero-order valence-corrected chi connectivity index (χ0v) is 11.6. The van der Waals surface area contributed by atoms with E-state index in [0.29, 0.717) is 24.8 Å². The van der Waals surface area contributed by atoms with Crippen LogP contribution in [0.2, 0.25) is 0 Å². The van der Waals surface area contributed by atoms with Crippen LogP contribution in [0.4, 0.5) is 0 Å². The van der Waals surface area contributed by atoms with Crippen LogP contribution in [0.15, 0.2) is 0 Å². The van der Waals surface area contributed by atoms with Crippen molar-refractivity contribution in [1.82, 2.24) is 10.6 Å². The van der Waals surface area contributed by atoms with E-state index in [2.05, 4.69) is 10.6 Å². The molecule has 0 aromatic heterocycles. The fourth-order valence-electron chi connectivity index (χ4n) is 1.33. The number of alkyl halides is 2. The summed E-state index contributed by atoms with van der Waals surface area (Å²) in [5, 5.41) is 44.0. The Bertz CT molecular complexity index is 183. The Morgan fingerprint density at radius 3 is 1.33 bits per heavy atom. The monoisotopic (exact) mass is 304 g/mol. The molecule has 8 heteroatoms. The molecule has 0 aliphatic carbocycles. The highest BCUT2D eigenvalue weighted by atomic mass is 35.5. The minimum Gasteiger partial charge on any atom is -0.389 e. The second-order valence-corrected chi connectivity index (χ2v) is 4.66. The number of aliphatic hydroxyl groups is 4. The van der Waals surface area contributed by atoms with Crippen molar-refractivity contribution in [2.24, 2.45) is 0 Å². The van der Waals surface area contributed by atoms with Crippen molar-refractivity contribution >= 4 is 23.2 Å². The average Bonchev–Trinajstić information content (AvgIpc) is 2.37. The molecule has 0 unspecified atom stereocenters. The number of hydrogen-bond donors (Lipinski definition) is 6. The molecule has 0 saturated heterocycles. The van der Waals surface area contributed by atoms with E-state index in [0.717, 1.165) is 0 Å². The Labute approximate surface area is 117 Å². The van der Waals surface area contributed by atoms with Gasteiger partial charge in [-0.2, -0.15) is 0 Å². The Hall–Kier alpha value is 0.340. The van der Waals surface area contributed by atoms with Crippen molar-refractivity contribution in [2.45, 2.75) is 24.4 Å². The van der Waals surface area contributed by atoms with Crippen molar-refractivity contribution in [2.75, 3.05) is 37.9 Å². The third-order valence-electron chi connectivity index (χ3n) is 2.39. The molecule has 0 aromatic rings. The van der Waals surface area contributed by atoms with E-state index >= 15 is 0 Å². The van der Waals surface area contributed by atoms with Crippen LogP contribution in [0, 0.1) is 0 Å². The predicted octanol–water partition coefficient (Wildman–Crippen LogP) is -1.91. The van der Waals surface area contributed by atoms with Gasteiger partial charge in [-0.15, -0.1) is 23.2 Å². The van der Waals surface area contributed by atoms with Crippen molar-refractivity contribution in [3.8, 4) is 0 Å². The molecule has 0 bridgehead atoms. The van der Waals surface area contributed by atoms with Gasteiger partial charge in [-0.1, -0.05) is 0 Å². The van der Waals surface area contributed by atoms with E-state index in [9.17, 15) is 20.4 Å². The van der Waals surface area contributed by atoms with Crippen molar-refractivity contribution in [3.63, 3.8) is 0 Å². The minimum absolute atomic E-state index is 0.0901. The molecule has 18 heavy (non-hydrogen) atoms. The lowest BCUT2D eigenvalue weighted by Crippen LogP contribution is -2.50. The van der Waals surface area contributed by atoms with Crippen LogP contribution in [0.3, 0.4) is 0 Å². The zero-order chi connectivity index (χ0) is 14.0. The molecule has 0 spiro atoms. The highest BCUT2D eigenvalue weighted by molar-refractivity contribution is 6.18. The largest absolute Gasteiger partial charge is 0.389 e. The van der Waals surface area contributed by atoms with Gasteiger partial charge in [0.15, 0.2) is 0 Å². The maximum Gasteiger partial charge on any atom is 0.110 e. The normalized spacial score (nSPS) is 18.3. The van der Waals surface area contributed by atoms with Gasteiger partial charge in [-0.05, 0) is 0 Å². The highest BCUT2D eigenvalue weighted by Gasteiger charge is 2.29. The second-order valence-electron chi connectivity index (χ2n) is 3.90. The third-order valence-corrected chi connectivity index (χ3v) is 2.77. The molecular weight excluding hydrogens is 283 g/mol. The van der Waals surface area contributed by atoms with Crippen LogP contribution >= 0.6 is 23.2 Å². The lowest BCUT2D eigenvalue weighted by Gasteiger charge is -2.26. The van der Waals surface area contributed by atoms with Crippen LogP contribution in [-0.2, 0) is 0 Å². The predicted molar refractivity (Wildman–Crippen MR) is 71.2 cm³/mol. The van der Waals surface area contributed by atoms with E-state index < -0.39 is 24.4 Å². The van der Waals surface area contributed by atoms with Gasteiger partial charge in [0.05, 0.1) is 12.2 Å². The molecule has 110 valence electrons. The van der Waals surface area contributed by atoms with Crippen LogP contribution < -0.4 is 10.6 Å². The van der Waals surface area contributed by atoms with Crippen LogP contribution in [0.1, 0.15) is 0 Å². The molecule has 0 rings (SSSR count).